The largest absolute Gasteiger partial charge is 0.115 e. The second kappa shape index (κ2) is 2.92. The van der Waals surface area contributed by atoms with E-state index in [1.807, 2.05) is 12.1 Å². The SMILES string of the molecule is C#Cc1ccccc1C1(CC)CC1. The molecule has 1 aromatic carbocycles. The Morgan fingerprint density at radius 3 is 2.62 bits per heavy atom. The van der Waals surface area contributed by atoms with Crippen molar-refractivity contribution in [3.8, 4) is 12.3 Å². The minimum Gasteiger partial charge on any atom is -0.115 e. The molecule has 0 aromatic heterocycles. The van der Waals surface area contributed by atoms with Crippen molar-refractivity contribution in [1.29, 1.82) is 0 Å². The number of hydrogen-bond donors (Lipinski definition) is 0. The Hall–Kier alpha value is -1.22. The van der Waals surface area contributed by atoms with Gasteiger partial charge in [-0.05, 0) is 36.3 Å². The van der Waals surface area contributed by atoms with Crippen molar-refractivity contribution in [2.75, 3.05) is 0 Å². The molecule has 2 rings (SSSR count). The van der Waals surface area contributed by atoms with Gasteiger partial charge >= 0.3 is 0 Å². The van der Waals surface area contributed by atoms with Gasteiger partial charge in [0.05, 0.1) is 0 Å². The first-order chi connectivity index (χ1) is 6.32. The Labute approximate surface area is 80.0 Å². The van der Waals surface area contributed by atoms with Crippen molar-refractivity contribution in [3.05, 3.63) is 35.4 Å². The van der Waals surface area contributed by atoms with Gasteiger partial charge in [0, 0.05) is 5.56 Å². The second-order valence-electron chi connectivity index (χ2n) is 3.82. The van der Waals surface area contributed by atoms with Crippen LogP contribution in [0.3, 0.4) is 0 Å². The van der Waals surface area contributed by atoms with Crippen LogP contribution in [0.2, 0.25) is 0 Å². The number of benzene rings is 1. The molecule has 0 nitrogen and oxygen atoms in total. The first-order valence-electron chi connectivity index (χ1n) is 4.88. The van der Waals surface area contributed by atoms with Crippen LogP contribution in [0.15, 0.2) is 24.3 Å². The molecule has 0 amide bonds. The predicted octanol–water partition coefficient (Wildman–Crippen LogP) is 3.11. The Morgan fingerprint density at radius 2 is 2.08 bits per heavy atom. The Balaban J connectivity index is 2.46. The summed E-state index contributed by atoms with van der Waals surface area (Å²) in [7, 11) is 0. The van der Waals surface area contributed by atoms with Gasteiger partial charge in [-0.15, -0.1) is 6.42 Å². The van der Waals surface area contributed by atoms with E-state index < -0.39 is 0 Å². The average molecular weight is 170 g/mol. The second-order valence-corrected chi connectivity index (χ2v) is 3.82. The van der Waals surface area contributed by atoms with Gasteiger partial charge in [-0.2, -0.15) is 0 Å². The van der Waals surface area contributed by atoms with E-state index in [-0.39, 0.29) is 0 Å². The van der Waals surface area contributed by atoms with Crippen LogP contribution in [0.25, 0.3) is 0 Å². The Kier molecular flexibility index (Phi) is 1.88. The van der Waals surface area contributed by atoms with Gasteiger partial charge in [0.2, 0.25) is 0 Å². The lowest BCUT2D eigenvalue weighted by atomic mass is 9.89. The molecule has 0 heteroatoms. The van der Waals surface area contributed by atoms with Crippen LogP contribution in [-0.4, -0.2) is 0 Å². The maximum absolute atomic E-state index is 5.48. The Bertz CT molecular complexity index is 351. The van der Waals surface area contributed by atoms with Crippen LogP contribution in [0, 0.1) is 12.3 Å². The lowest BCUT2D eigenvalue weighted by Gasteiger charge is -2.14. The van der Waals surface area contributed by atoms with E-state index in [0.717, 1.165) is 5.56 Å². The standard InChI is InChI=1S/C13H14/c1-3-11-7-5-6-8-12(11)13(4-2)9-10-13/h1,5-8H,4,9-10H2,2H3. The average Bonchev–Trinajstić information content (AvgIpc) is 2.98. The molecule has 0 N–H and O–H groups in total. The molecule has 1 saturated carbocycles. The van der Waals surface area contributed by atoms with E-state index in [1.165, 1.54) is 24.8 Å². The van der Waals surface area contributed by atoms with Crippen molar-refractivity contribution < 1.29 is 0 Å². The van der Waals surface area contributed by atoms with Gasteiger partial charge in [0.15, 0.2) is 0 Å². The third-order valence-electron chi connectivity index (χ3n) is 3.18. The molecule has 13 heavy (non-hydrogen) atoms. The highest BCUT2D eigenvalue weighted by atomic mass is 14.5. The summed E-state index contributed by atoms with van der Waals surface area (Å²) in [6, 6.07) is 8.34. The maximum atomic E-state index is 5.48. The topological polar surface area (TPSA) is 0 Å². The molecule has 0 heterocycles. The van der Waals surface area contributed by atoms with E-state index in [4.69, 9.17) is 6.42 Å². The van der Waals surface area contributed by atoms with Gasteiger partial charge in [0.25, 0.3) is 0 Å². The molecule has 0 bridgehead atoms. The molecule has 1 fully saturated rings. The minimum atomic E-state index is 0.433. The van der Waals surface area contributed by atoms with Crippen LogP contribution in [0.4, 0.5) is 0 Å². The fraction of sp³-hybridized carbons (Fsp3) is 0.385. The van der Waals surface area contributed by atoms with Crippen molar-refractivity contribution in [2.45, 2.75) is 31.6 Å². The predicted molar refractivity (Wildman–Crippen MR) is 55.6 cm³/mol. The van der Waals surface area contributed by atoms with Gasteiger partial charge in [-0.25, -0.2) is 0 Å². The molecule has 1 aliphatic rings. The van der Waals surface area contributed by atoms with Crippen LogP contribution < -0.4 is 0 Å². The lowest BCUT2D eigenvalue weighted by Crippen LogP contribution is -2.06. The monoisotopic (exact) mass is 170 g/mol. The molecule has 1 aromatic rings. The van der Waals surface area contributed by atoms with Crippen LogP contribution >= 0.6 is 0 Å². The molecule has 0 spiro atoms. The number of terminal acetylenes is 1. The third-order valence-corrected chi connectivity index (χ3v) is 3.18. The quantitative estimate of drug-likeness (QED) is 0.598. The zero-order chi connectivity index (χ0) is 9.31. The molecule has 0 saturated heterocycles. The molecule has 1 aliphatic carbocycles. The third kappa shape index (κ3) is 1.25. The molecule has 66 valence electrons. The molecular formula is C13H14. The first-order valence-corrected chi connectivity index (χ1v) is 4.88. The summed E-state index contributed by atoms with van der Waals surface area (Å²) in [5.41, 5.74) is 2.91. The van der Waals surface area contributed by atoms with E-state index in [1.54, 1.807) is 0 Å². The van der Waals surface area contributed by atoms with Gasteiger partial charge in [0.1, 0.15) is 0 Å². The summed E-state index contributed by atoms with van der Waals surface area (Å²) in [6.07, 6.45) is 9.31. The zero-order valence-electron chi connectivity index (χ0n) is 8.01. The smallest absolute Gasteiger partial charge is 0.0280 e. The molecule has 0 atom stereocenters. The highest BCUT2D eigenvalue weighted by Gasteiger charge is 2.43. The summed E-state index contributed by atoms with van der Waals surface area (Å²) in [6.45, 7) is 2.25. The number of rotatable bonds is 2. The number of hydrogen-bond acceptors (Lipinski definition) is 0. The van der Waals surface area contributed by atoms with Crippen LogP contribution in [0.1, 0.15) is 37.3 Å². The Morgan fingerprint density at radius 1 is 1.38 bits per heavy atom. The highest BCUT2D eigenvalue weighted by Crippen LogP contribution is 2.51. The molecule has 0 unspecified atom stereocenters. The van der Waals surface area contributed by atoms with Crippen molar-refractivity contribution in [1.82, 2.24) is 0 Å². The summed E-state index contributed by atoms with van der Waals surface area (Å²) >= 11 is 0. The zero-order valence-corrected chi connectivity index (χ0v) is 8.01. The fourth-order valence-corrected chi connectivity index (χ4v) is 2.04. The van der Waals surface area contributed by atoms with Crippen molar-refractivity contribution >= 4 is 0 Å². The first kappa shape index (κ1) is 8.38. The van der Waals surface area contributed by atoms with E-state index in [0.29, 0.717) is 5.41 Å². The van der Waals surface area contributed by atoms with Gasteiger partial charge in [-0.1, -0.05) is 31.0 Å². The summed E-state index contributed by atoms with van der Waals surface area (Å²) < 4.78 is 0. The van der Waals surface area contributed by atoms with Crippen molar-refractivity contribution in [2.24, 2.45) is 0 Å². The summed E-state index contributed by atoms with van der Waals surface area (Å²) in [4.78, 5) is 0. The normalized spacial score (nSPS) is 17.8. The van der Waals surface area contributed by atoms with Gasteiger partial charge in [-0.3, -0.25) is 0 Å². The lowest BCUT2D eigenvalue weighted by molar-refractivity contribution is 0.662. The van der Waals surface area contributed by atoms with Crippen LogP contribution in [0.5, 0.6) is 0 Å². The van der Waals surface area contributed by atoms with Crippen molar-refractivity contribution in [3.63, 3.8) is 0 Å². The highest BCUT2D eigenvalue weighted by molar-refractivity contribution is 5.46. The fourth-order valence-electron chi connectivity index (χ4n) is 2.04. The van der Waals surface area contributed by atoms with E-state index >= 15 is 0 Å². The van der Waals surface area contributed by atoms with E-state index in [2.05, 4.69) is 25.0 Å². The molecule has 0 radical (unpaired) electrons. The minimum absolute atomic E-state index is 0.433. The molecular weight excluding hydrogens is 156 g/mol. The van der Waals surface area contributed by atoms with E-state index in [9.17, 15) is 0 Å². The van der Waals surface area contributed by atoms with Gasteiger partial charge < -0.3 is 0 Å². The summed E-state index contributed by atoms with van der Waals surface area (Å²) in [5, 5.41) is 0. The summed E-state index contributed by atoms with van der Waals surface area (Å²) in [5.74, 6) is 2.78. The maximum Gasteiger partial charge on any atom is 0.0280 e. The molecule has 0 aliphatic heterocycles. The van der Waals surface area contributed by atoms with Crippen LogP contribution in [-0.2, 0) is 5.41 Å².